The first-order valence-electron chi connectivity index (χ1n) is 10.1. The van der Waals surface area contributed by atoms with Gasteiger partial charge in [-0.2, -0.15) is 0 Å². The molecule has 0 spiro atoms. The highest BCUT2D eigenvalue weighted by molar-refractivity contribution is 8.00. The highest BCUT2D eigenvalue weighted by Gasteiger charge is 2.31. The third-order valence-electron chi connectivity index (χ3n) is 5.02. The molecule has 1 amide bonds. The summed E-state index contributed by atoms with van der Waals surface area (Å²) >= 11 is 1.36. The highest BCUT2D eigenvalue weighted by atomic mass is 32.2. The van der Waals surface area contributed by atoms with E-state index in [-0.39, 0.29) is 11.2 Å². The van der Waals surface area contributed by atoms with Gasteiger partial charge in [-0.25, -0.2) is 9.67 Å². The average Bonchev–Trinajstić information content (AvgIpc) is 3.54. The maximum Gasteiger partial charge on any atom is 0.237 e. The van der Waals surface area contributed by atoms with Crippen molar-refractivity contribution in [3.63, 3.8) is 0 Å². The van der Waals surface area contributed by atoms with Crippen LogP contribution in [0.25, 0.3) is 5.69 Å². The van der Waals surface area contributed by atoms with Gasteiger partial charge >= 0.3 is 0 Å². The zero-order valence-corrected chi connectivity index (χ0v) is 17.4. The van der Waals surface area contributed by atoms with E-state index in [1.807, 2.05) is 54.1 Å². The van der Waals surface area contributed by atoms with Crippen molar-refractivity contribution in [2.24, 2.45) is 0 Å². The van der Waals surface area contributed by atoms with Crippen molar-refractivity contribution in [3.05, 3.63) is 54.4 Å². The summed E-state index contributed by atoms with van der Waals surface area (Å²) < 4.78 is 13.0. The summed E-state index contributed by atoms with van der Waals surface area (Å²) in [5.74, 6) is 2.67. The molecular weight excluding hydrogens is 400 g/mol. The second kappa shape index (κ2) is 8.02. The highest BCUT2D eigenvalue weighted by Crippen LogP contribution is 2.40. The molecule has 0 radical (unpaired) electrons. The van der Waals surface area contributed by atoms with Gasteiger partial charge in [-0.3, -0.25) is 4.79 Å². The molecule has 1 fully saturated rings. The number of nitrogens with zero attached hydrogens (tertiary/aromatic N) is 3. The smallest absolute Gasteiger partial charge is 0.237 e. The number of anilines is 1. The number of benzene rings is 2. The van der Waals surface area contributed by atoms with E-state index in [9.17, 15) is 4.79 Å². The van der Waals surface area contributed by atoms with E-state index < -0.39 is 0 Å². The first kappa shape index (κ1) is 19.0. The molecule has 1 saturated carbocycles. The number of carbonyl (C=O) groups excluding carboxylic acids is 1. The van der Waals surface area contributed by atoms with E-state index in [0.717, 1.165) is 24.4 Å². The SMILES string of the molecule is C[C@H](Sc1nc(C2CC2)n(-c2ccccc2)n1)C(=O)Nc1ccc2c(c1)OCCO2. The van der Waals surface area contributed by atoms with Crippen molar-refractivity contribution in [2.45, 2.75) is 36.1 Å². The topological polar surface area (TPSA) is 78.3 Å². The Hall–Kier alpha value is -3.00. The number of hydrogen-bond donors (Lipinski definition) is 1. The van der Waals surface area contributed by atoms with Gasteiger partial charge in [-0.1, -0.05) is 30.0 Å². The van der Waals surface area contributed by atoms with Crippen molar-refractivity contribution in [3.8, 4) is 17.2 Å². The normalized spacial score (nSPS) is 16.2. The van der Waals surface area contributed by atoms with E-state index in [1.165, 1.54) is 11.8 Å². The summed E-state index contributed by atoms with van der Waals surface area (Å²) in [7, 11) is 0. The largest absolute Gasteiger partial charge is 0.486 e. The van der Waals surface area contributed by atoms with Crippen LogP contribution in [0.4, 0.5) is 5.69 Å². The molecule has 2 heterocycles. The molecule has 0 saturated heterocycles. The van der Waals surface area contributed by atoms with Gasteiger partial charge in [0.1, 0.15) is 19.0 Å². The van der Waals surface area contributed by atoms with Crippen LogP contribution in [0.15, 0.2) is 53.7 Å². The van der Waals surface area contributed by atoms with Crippen molar-refractivity contribution in [1.82, 2.24) is 14.8 Å². The molecule has 1 aliphatic carbocycles. The van der Waals surface area contributed by atoms with Crippen LogP contribution in [0.3, 0.4) is 0 Å². The average molecular weight is 423 g/mol. The summed E-state index contributed by atoms with van der Waals surface area (Å²) in [4.78, 5) is 17.5. The fourth-order valence-electron chi connectivity index (χ4n) is 3.30. The molecule has 8 heteroatoms. The molecule has 154 valence electrons. The molecule has 0 bridgehead atoms. The summed E-state index contributed by atoms with van der Waals surface area (Å²) in [6, 6.07) is 15.4. The molecule has 0 unspecified atom stereocenters. The zero-order chi connectivity index (χ0) is 20.5. The number of carbonyl (C=O) groups is 1. The second-order valence-electron chi connectivity index (χ2n) is 7.38. The van der Waals surface area contributed by atoms with Gasteiger partial charge in [0.15, 0.2) is 11.5 Å². The first-order valence-corrected chi connectivity index (χ1v) is 10.9. The van der Waals surface area contributed by atoms with Crippen LogP contribution in [-0.4, -0.2) is 39.1 Å². The number of ether oxygens (including phenoxy) is 2. The molecule has 2 aromatic carbocycles. The monoisotopic (exact) mass is 422 g/mol. The molecule has 2 aliphatic rings. The summed E-state index contributed by atoms with van der Waals surface area (Å²) in [6.45, 7) is 2.91. The van der Waals surface area contributed by atoms with Gasteiger partial charge in [0.25, 0.3) is 0 Å². The van der Waals surface area contributed by atoms with Crippen molar-refractivity contribution < 1.29 is 14.3 Å². The number of para-hydroxylation sites is 1. The number of hydrogen-bond acceptors (Lipinski definition) is 6. The molecule has 3 aromatic rings. The Labute approximate surface area is 178 Å². The van der Waals surface area contributed by atoms with E-state index >= 15 is 0 Å². The molecule has 1 aliphatic heterocycles. The van der Waals surface area contributed by atoms with Crippen LogP contribution in [-0.2, 0) is 4.79 Å². The minimum Gasteiger partial charge on any atom is -0.486 e. The number of thioether (sulfide) groups is 1. The molecule has 5 rings (SSSR count). The van der Waals surface area contributed by atoms with E-state index in [1.54, 1.807) is 6.07 Å². The van der Waals surface area contributed by atoms with Crippen LogP contribution in [0.2, 0.25) is 0 Å². The lowest BCUT2D eigenvalue weighted by Crippen LogP contribution is -2.23. The maximum atomic E-state index is 12.7. The summed E-state index contributed by atoms with van der Waals surface area (Å²) in [6.07, 6.45) is 2.27. The van der Waals surface area contributed by atoms with Gasteiger partial charge < -0.3 is 14.8 Å². The molecule has 1 atom stereocenters. The molecular formula is C22H22N4O3S. The number of rotatable bonds is 6. The Morgan fingerprint density at radius 3 is 2.67 bits per heavy atom. The Morgan fingerprint density at radius 2 is 1.90 bits per heavy atom. The molecule has 1 N–H and O–H groups in total. The molecule has 30 heavy (non-hydrogen) atoms. The number of nitrogens with one attached hydrogen (secondary N) is 1. The van der Waals surface area contributed by atoms with Crippen molar-refractivity contribution in [1.29, 1.82) is 0 Å². The number of fused-ring (bicyclic) bond motifs is 1. The fraction of sp³-hybridized carbons (Fsp3) is 0.318. The van der Waals surface area contributed by atoms with Crippen LogP contribution >= 0.6 is 11.8 Å². The van der Waals surface area contributed by atoms with Gasteiger partial charge in [-0.05, 0) is 44.0 Å². The predicted octanol–water partition coefficient (Wildman–Crippen LogP) is 4.04. The third kappa shape index (κ3) is 4.00. The van der Waals surface area contributed by atoms with Crippen LogP contribution in [0, 0.1) is 0 Å². The lowest BCUT2D eigenvalue weighted by Gasteiger charge is -2.19. The Balaban J connectivity index is 1.29. The quantitative estimate of drug-likeness (QED) is 0.604. The molecule has 1 aromatic heterocycles. The van der Waals surface area contributed by atoms with Gasteiger partial charge in [0.05, 0.1) is 10.9 Å². The van der Waals surface area contributed by atoms with Gasteiger partial charge in [0.2, 0.25) is 11.1 Å². The second-order valence-corrected chi connectivity index (χ2v) is 8.69. The summed E-state index contributed by atoms with van der Waals surface area (Å²) in [5, 5.41) is 7.89. The predicted molar refractivity (Wildman–Crippen MR) is 115 cm³/mol. The minimum absolute atomic E-state index is 0.110. The van der Waals surface area contributed by atoms with Crippen molar-refractivity contribution in [2.75, 3.05) is 18.5 Å². The maximum absolute atomic E-state index is 12.7. The number of amides is 1. The van der Waals surface area contributed by atoms with Crippen LogP contribution < -0.4 is 14.8 Å². The minimum atomic E-state index is -0.350. The van der Waals surface area contributed by atoms with Gasteiger partial charge in [0, 0.05) is 17.7 Å². The van der Waals surface area contributed by atoms with Crippen molar-refractivity contribution >= 4 is 23.4 Å². The Kier molecular flexibility index (Phi) is 5.08. The Morgan fingerprint density at radius 1 is 1.13 bits per heavy atom. The van der Waals surface area contributed by atoms with E-state index in [4.69, 9.17) is 14.5 Å². The first-order chi connectivity index (χ1) is 14.7. The van der Waals surface area contributed by atoms with Crippen LogP contribution in [0.1, 0.15) is 31.5 Å². The summed E-state index contributed by atoms with van der Waals surface area (Å²) in [5.41, 5.74) is 1.67. The number of aromatic nitrogens is 3. The molecule has 7 nitrogen and oxygen atoms in total. The standard InChI is InChI=1S/C22H22N4O3S/c1-14(21(27)23-16-9-10-18-19(13-16)29-12-11-28-18)30-22-24-20(15-7-8-15)26(25-22)17-5-3-2-4-6-17/h2-6,9-10,13-15H,7-8,11-12H2,1H3,(H,23,27)/t14-/m0/s1. The van der Waals surface area contributed by atoms with E-state index in [2.05, 4.69) is 10.4 Å². The Bertz CT molecular complexity index is 1070. The lowest BCUT2D eigenvalue weighted by molar-refractivity contribution is -0.115. The zero-order valence-electron chi connectivity index (χ0n) is 16.6. The third-order valence-corrected chi connectivity index (χ3v) is 5.97. The van der Waals surface area contributed by atoms with Gasteiger partial charge in [-0.15, -0.1) is 5.10 Å². The fourth-order valence-corrected chi connectivity index (χ4v) is 4.05. The lowest BCUT2D eigenvalue weighted by atomic mass is 10.2. The van der Waals surface area contributed by atoms with E-state index in [0.29, 0.717) is 41.5 Å². The van der Waals surface area contributed by atoms with Crippen LogP contribution in [0.5, 0.6) is 11.5 Å².